The van der Waals surface area contributed by atoms with E-state index in [0.29, 0.717) is 0 Å². The monoisotopic (exact) mass is 239 g/mol. The zero-order valence-electron chi connectivity index (χ0n) is 11.5. The van der Waals surface area contributed by atoms with Crippen LogP contribution in [-0.4, -0.2) is 0 Å². The van der Waals surface area contributed by atoms with Crippen molar-refractivity contribution in [2.75, 3.05) is 5.32 Å². The molecule has 0 aliphatic carbocycles. The minimum absolute atomic E-state index is 0.888. The summed E-state index contributed by atoms with van der Waals surface area (Å²) in [6.07, 6.45) is 1.07. The molecule has 0 bridgehead atoms. The molecule has 0 atom stereocenters. The molecule has 0 spiro atoms. The second-order valence-electron chi connectivity index (χ2n) is 4.81. The maximum atomic E-state index is 3.58. The molecule has 18 heavy (non-hydrogen) atoms. The van der Waals surface area contributed by atoms with E-state index in [2.05, 4.69) is 68.6 Å². The highest BCUT2D eigenvalue weighted by atomic mass is 14.9. The van der Waals surface area contributed by atoms with E-state index < -0.39 is 0 Å². The Labute approximate surface area is 110 Å². The third kappa shape index (κ3) is 2.92. The Morgan fingerprint density at radius 3 is 2.50 bits per heavy atom. The molecule has 94 valence electrons. The van der Waals surface area contributed by atoms with Crippen LogP contribution in [0.25, 0.3) is 0 Å². The molecule has 0 amide bonds. The number of rotatable bonds is 4. The largest absolute Gasteiger partial charge is 0.381 e. The van der Waals surface area contributed by atoms with E-state index in [0.717, 1.165) is 13.0 Å². The Bertz CT molecular complexity index is 529. The molecule has 0 radical (unpaired) electrons. The van der Waals surface area contributed by atoms with Gasteiger partial charge >= 0.3 is 0 Å². The molecule has 1 nitrogen and oxygen atoms in total. The van der Waals surface area contributed by atoms with Crippen LogP contribution in [-0.2, 0) is 13.0 Å². The summed E-state index contributed by atoms with van der Waals surface area (Å²) in [6, 6.07) is 15.1. The molecule has 0 heterocycles. The van der Waals surface area contributed by atoms with Crippen LogP contribution in [0, 0.1) is 13.8 Å². The summed E-state index contributed by atoms with van der Waals surface area (Å²) in [7, 11) is 0. The lowest BCUT2D eigenvalue weighted by atomic mass is 10.1. The van der Waals surface area contributed by atoms with Gasteiger partial charge < -0.3 is 5.32 Å². The first kappa shape index (κ1) is 12.7. The fourth-order valence-electron chi connectivity index (χ4n) is 2.29. The van der Waals surface area contributed by atoms with Crippen molar-refractivity contribution in [3.63, 3.8) is 0 Å². The van der Waals surface area contributed by atoms with Crippen molar-refractivity contribution >= 4 is 5.69 Å². The lowest BCUT2D eigenvalue weighted by Crippen LogP contribution is -2.04. The lowest BCUT2D eigenvalue weighted by Gasteiger charge is -2.14. The minimum Gasteiger partial charge on any atom is -0.381 e. The number of aryl methyl sites for hydroxylation is 3. The zero-order chi connectivity index (χ0) is 13.0. The van der Waals surface area contributed by atoms with Crippen molar-refractivity contribution in [3.8, 4) is 0 Å². The van der Waals surface area contributed by atoms with Gasteiger partial charge in [0.25, 0.3) is 0 Å². The summed E-state index contributed by atoms with van der Waals surface area (Å²) in [5, 5.41) is 3.58. The minimum atomic E-state index is 0.888. The average Bonchev–Trinajstić information content (AvgIpc) is 2.37. The van der Waals surface area contributed by atoms with E-state index in [1.165, 1.54) is 27.9 Å². The molecule has 0 fully saturated rings. The fraction of sp³-hybridized carbons (Fsp3) is 0.294. The van der Waals surface area contributed by atoms with Crippen LogP contribution in [0.2, 0.25) is 0 Å². The summed E-state index contributed by atoms with van der Waals surface area (Å²) >= 11 is 0. The predicted molar refractivity (Wildman–Crippen MR) is 79.1 cm³/mol. The zero-order valence-corrected chi connectivity index (χ0v) is 11.5. The van der Waals surface area contributed by atoms with Gasteiger partial charge in [0.1, 0.15) is 0 Å². The normalized spacial score (nSPS) is 10.4. The summed E-state index contributed by atoms with van der Waals surface area (Å²) in [5.41, 5.74) is 6.65. The van der Waals surface area contributed by atoms with Gasteiger partial charge in [0.05, 0.1) is 0 Å². The van der Waals surface area contributed by atoms with Gasteiger partial charge in [-0.05, 0) is 37.0 Å². The topological polar surface area (TPSA) is 12.0 Å². The molecular formula is C17H21N. The van der Waals surface area contributed by atoms with Crippen molar-refractivity contribution < 1.29 is 0 Å². The first-order valence-corrected chi connectivity index (χ1v) is 6.58. The van der Waals surface area contributed by atoms with Gasteiger partial charge in [0.2, 0.25) is 0 Å². The number of anilines is 1. The second kappa shape index (κ2) is 5.72. The molecule has 0 aliphatic rings. The lowest BCUT2D eigenvalue weighted by molar-refractivity contribution is 1.08. The van der Waals surface area contributed by atoms with Crippen LogP contribution < -0.4 is 5.32 Å². The fourth-order valence-corrected chi connectivity index (χ4v) is 2.29. The number of para-hydroxylation sites is 1. The smallest absolute Gasteiger partial charge is 0.0404 e. The maximum Gasteiger partial charge on any atom is 0.0404 e. The molecule has 1 heteroatoms. The average molecular weight is 239 g/mol. The Morgan fingerprint density at radius 1 is 1.00 bits per heavy atom. The van der Waals surface area contributed by atoms with Crippen molar-refractivity contribution in [2.45, 2.75) is 33.7 Å². The SMILES string of the molecule is CCc1cccc(C)c1NCc1cccc(C)c1. The molecule has 1 N–H and O–H groups in total. The van der Waals surface area contributed by atoms with Gasteiger partial charge in [-0.15, -0.1) is 0 Å². The first-order chi connectivity index (χ1) is 8.70. The van der Waals surface area contributed by atoms with Crippen LogP contribution in [0.4, 0.5) is 5.69 Å². The van der Waals surface area contributed by atoms with Gasteiger partial charge in [0, 0.05) is 12.2 Å². The summed E-state index contributed by atoms with van der Waals surface area (Å²) in [6.45, 7) is 7.39. The molecule has 2 rings (SSSR count). The molecular weight excluding hydrogens is 218 g/mol. The Morgan fingerprint density at radius 2 is 1.78 bits per heavy atom. The third-order valence-electron chi connectivity index (χ3n) is 3.29. The van der Waals surface area contributed by atoms with E-state index in [9.17, 15) is 0 Å². The van der Waals surface area contributed by atoms with E-state index in [1.807, 2.05) is 0 Å². The van der Waals surface area contributed by atoms with Crippen molar-refractivity contribution in [1.82, 2.24) is 0 Å². The van der Waals surface area contributed by atoms with Crippen LogP contribution in [0.15, 0.2) is 42.5 Å². The van der Waals surface area contributed by atoms with Gasteiger partial charge in [-0.1, -0.05) is 55.0 Å². The standard InChI is InChI=1S/C17H21N/c1-4-16-10-6-8-14(3)17(16)18-12-15-9-5-7-13(2)11-15/h5-11,18H,4,12H2,1-3H3. The quantitative estimate of drug-likeness (QED) is 0.829. The van der Waals surface area contributed by atoms with Crippen LogP contribution in [0.3, 0.4) is 0 Å². The van der Waals surface area contributed by atoms with Crippen molar-refractivity contribution in [1.29, 1.82) is 0 Å². The highest BCUT2D eigenvalue weighted by molar-refractivity contribution is 5.57. The molecule has 0 saturated carbocycles. The summed E-state index contributed by atoms with van der Waals surface area (Å²) in [4.78, 5) is 0. The Hall–Kier alpha value is -1.76. The van der Waals surface area contributed by atoms with Crippen molar-refractivity contribution in [2.24, 2.45) is 0 Å². The molecule has 0 aliphatic heterocycles. The van der Waals surface area contributed by atoms with Gasteiger partial charge in [-0.3, -0.25) is 0 Å². The number of nitrogens with one attached hydrogen (secondary N) is 1. The van der Waals surface area contributed by atoms with Crippen LogP contribution >= 0.6 is 0 Å². The number of benzene rings is 2. The molecule has 0 saturated heterocycles. The van der Waals surface area contributed by atoms with Gasteiger partial charge in [-0.25, -0.2) is 0 Å². The van der Waals surface area contributed by atoms with E-state index in [-0.39, 0.29) is 0 Å². The third-order valence-corrected chi connectivity index (χ3v) is 3.29. The Kier molecular flexibility index (Phi) is 4.03. The van der Waals surface area contributed by atoms with Crippen LogP contribution in [0.1, 0.15) is 29.2 Å². The molecule has 2 aromatic carbocycles. The van der Waals surface area contributed by atoms with E-state index in [1.54, 1.807) is 0 Å². The summed E-state index contributed by atoms with van der Waals surface area (Å²) in [5.74, 6) is 0. The molecule has 0 aromatic heterocycles. The predicted octanol–water partition coefficient (Wildman–Crippen LogP) is 4.48. The van der Waals surface area contributed by atoms with Gasteiger partial charge in [0.15, 0.2) is 0 Å². The summed E-state index contributed by atoms with van der Waals surface area (Å²) < 4.78 is 0. The van der Waals surface area contributed by atoms with E-state index >= 15 is 0 Å². The van der Waals surface area contributed by atoms with Crippen molar-refractivity contribution in [3.05, 3.63) is 64.7 Å². The molecule has 2 aromatic rings. The molecule has 0 unspecified atom stereocenters. The highest BCUT2D eigenvalue weighted by Crippen LogP contribution is 2.21. The van der Waals surface area contributed by atoms with E-state index in [4.69, 9.17) is 0 Å². The maximum absolute atomic E-state index is 3.58. The van der Waals surface area contributed by atoms with Crippen LogP contribution in [0.5, 0.6) is 0 Å². The van der Waals surface area contributed by atoms with Gasteiger partial charge in [-0.2, -0.15) is 0 Å². The first-order valence-electron chi connectivity index (χ1n) is 6.58. The second-order valence-corrected chi connectivity index (χ2v) is 4.81. The number of hydrogen-bond acceptors (Lipinski definition) is 1. The Balaban J connectivity index is 2.15. The number of hydrogen-bond donors (Lipinski definition) is 1. The highest BCUT2D eigenvalue weighted by Gasteiger charge is 2.03.